The van der Waals surface area contributed by atoms with Crippen LogP contribution in [0.3, 0.4) is 0 Å². The smallest absolute Gasteiger partial charge is 0.268 e. The monoisotopic (exact) mass is 253 g/mol. The third-order valence-corrected chi connectivity index (χ3v) is 2.96. The Hall–Kier alpha value is -1.37. The highest BCUT2D eigenvalue weighted by Crippen LogP contribution is 2.13. The normalized spacial score (nSPS) is 21.6. The molecule has 2 heterocycles. The van der Waals surface area contributed by atoms with Crippen molar-refractivity contribution in [2.24, 2.45) is 5.84 Å². The molecule has 1 saturated heterocycles. The summed E-state index contributed by atoms with van der Waals surface area (Å²) < 4.78 is 10.9. The summed E-state index contributed by atoms with van der Waals surface area (Å²) in [5.74, 6) is 5.50. The fourth-order valence-electron chi connectivity index (χ4n) is 2.11. The number of nitrogens with one attached hydrogen (secondary N) is 1. The predicted octanol–water partition coefficient (Wildman–Crippen LogP) is 0.494. The van der Waals surface area contributed by atoms with Crippen LogP contribution in [-0.4, -0.2) is 36.6 Å². The van der Waals surface area contributed by atoms with E-state index in [4.69, 9.17) is 15.0 Å². The Morgan fingerprint density at radius 3 is 3.28 bits per heavy atom. The summed E-state index contributed by atoms with van der Waals surface area (Å²) in [7, 11) is 0. The van der Waals surface area contributed by atoms with Crippen LogP contribution in [0.15, 0.2) is 16.7 Å². The number of nitrogens with two attached hydrogens (primary N) is 1. The topological polar surface area (TPSA) is 80.7 Å². The van der Waals surface area contributed by atoms with E-state index < -0.39 is 0 Å². The molecule has 3 N–H and O–H groups in total. The molecule has 1 unspecified atom stereocenters. The second kappa shape index (κ2) is 5.99. The van der Waals surface area contributed by atoms with E-state index in [2.05, 4.69) is 17.2 Å². The second-order valence-corrected chi connectivity index (χ2v) is 4.55. The molecule has 0 radical (unpaired) electrons. The summed E-state index contributed by atoms with van der Waals surface area (Å²) in [6.45, 7) is 5.40. The Labute approximate surface area is 106 Å². The first-order valence-electron chi connectivity index (χ1n) is 6.11. The zero-order valence-electron chi connectivity index (χ0n) is 10.5. The zero-order chi connectivity index (χ0) is 13.0. The van der Waals surface area contributed by atoms with Crippen LogP contribution >= 0.6 is 0 Å². The number of hydrogen-bond acceptors (Lipinski definition) is 5. The highest BCUT2D eigenvalue weighted by molar-refractivity contribution is 5.93. The van der Waals surface area contributed by atoms with E-state index in [0.29, 0.717) is 12.1 Å². The van der Waals surface area contributed by atoms with Gasteiger partial charge in [-0.2, -0.15) is 0 Å². The fraction of sp³-hybridized carbons (Fsp3) is 0.583. The number of nitrogen functional groups attached to an aromatic ring is 1. The van der Waals surface area contributed by atoms with Crippen molar-refractivity contribution in [2.75, 3.05) is 19.7 Å². The molecule has 100 valence electrons. The van der Waals surface area contributed by atoms with Gasteiger partial charge in [0.15, 0.2) is 0 Å². The first-order valence-corrected chi connectivity index (χ1v) is 6.11. The van der Waals surface area contributed by atoms with Crippen molar-refractivity contribution in [1.29, 1.82) is 0 Å². The third kappa shape index (κ3) is 3.32. The number of nitrogens with zero attached hydrogens (tertiary/aromatic N) is 1. The van der Waals surface area contributed by atoms with Crippen LogP contribution in [0.25, 0.3) is 0 Å². The quantitative estimate of drug-likeness (QED) is 0.465. The van der Waals surface area contributed by atoms with Crippen LogP contribution in [-0.2, 0) is 11.3 Å². The van der Waals surface area contributed by atoms with Gasteiger partial charge in [0.1, 0.15) is 12.0 Å². The van der Waals surface area contributed by atoms with E-state index in [1.54, 1.807) is 6.07 Å². The minimum Gasteiger partial charge on any atom is -0.467 e. The van der Waals surface area contributed by atoms with Gasteiger partial charge < -0.3 is 9.15 Å². The maximum Gasteiger partial charge on any atom is 0.268 e. The molecule has 2 rings (SSSR count). The van der Waals surface area contributed by atoms with Gasteiger partial charge in [0.25, 0.3) is 5.91 Å². The Bertz CT molecular complexity index is 405. The molecule has 6 heteroatoms. The van der Waals surface area contributed by atoms with Crippen LogP contribution in [0, 0.1) is 0 Å². The zero-order valence-corrected chi connectivity index (χ0v) is 10.5. The molecule has 0 aromatic carbocycles. The Morgan fingerprint density at radius 1 is 1.67 bits per heavy atom. The van der Waals surface area contributed by atoms with Gasteiger partial charge in [-0.3, -0.25) is 15.1 Å². The van der Waals surface area contributed by atoms with E-state index in [1.165, 1.54) is 6.26 Å². The number of ether oxygens (including phenoxy) is 1. The average Bonchev–Trinajstić information content (AvgIpc) is 2.72. The SMILES string of the molecule is CC1CN(Cc2cc(C(=O)NN)co2)CCCO1. The summed E-state index contributed by atoms with van der Waals surface area (Å²) in [5, 5.41) is 0. The van der Waals surface area contributed by atoms with Crippen LogP contribution in [0.2, 0.25) is 0 Å². The number of furan rings is 1. The van der Waals surface area contributed by atoms with Gasteiger partial charge in [-0.15, -0.1) is 0 Å². The van der Waals surface area contributed by atoms with E-state index in [-0.39, 0.29) is 12.0 Å². The van der Waals surface area contributed by atoms with Gasteiger partial charge >= 0.3 is 0 Å². The summed E-state index contributed by atoms with van der Waals surface area (Å²) in [4.78, 5) is 13.6. The maximum absolute atomic E-state index is 11.3. The molecule has 1 aliphatic heterocycles. The Balaban J connectivity index is 1.95. The van der Waals surface area contributed by atoms with Gasteiger partial charge in [0, 0.05) is 19.7 Å². The lowest BCUT2D eigenvalue weighted by molar-refractivity contribution is 0.0659. The fourth-order valence-corrected chi connectivity index (χ4v) is 2.11. The minimum absolute atomic E-state index is 0.231. The summed E-state index contributed by atoms with van der Waals surface area (Å²) in [6.07, 6.45) is 2.67. The molecule has 0 saturated carbocycles. The van der Waals surface area contributed by atoms with Crippen LogP contribution in [0.5, 0.6) is 0 Å². The van der Waals surface area contributed by atoms with E-state index in [1.807, 2.05) is 0 Å². The van der Waals surface area contributed by atoms with Gasteiger partial charge in [0.05, 0.1) is 18.2 Å². The van der Waals surface area contributed by atoms with E-state index in [0.717, 1.165) is 31.9 Å². The number of hydrazine groups is 1. The molecular formula is C12H19N3O3. The van der Waals surface area contributed by atoms with Crippen molar-refractivity contribution in [2.45, 2.75) is 26.0 Å². The standard InChI is InChI=1S/C12H19N3O3/c1-9-6-15(3-2-4-17-9)7-11-5-10(8-18-11)12(16)14-13/h5,8-9H,2-4,6-7,13H2,1H3,(H,14,16). The number of amides is 1. The lowest BCUT2D eigenvalue weighted by Crippen LogP contribution is -2.30. The molecule has 0 aliphatic carbocycles. The predicted molar refractivity (Wildman–Crippen MR) is 65.7 cm³/mol. The molecule has 18 heavy (non-hydrogen) atoms. The van der Waals surface area contributed by atoms with Gasteiger partial charge in [0.2, 0.25) is 0 Å². The Kier molecular flexibility index (Phi) is 4.35. The molecule has 1 fully saturated rings. The van der Waals surface area contributed by atoms with Gasteiger partial charge in [-0.25, -0.2) is 5.84 Å². The van der Waals surface area contributed by atoms with Crippen molar-refractivity contribution in [3.8, 4) is 0 Å². The highest BCUT2D eigenvalue weighted by atomic mass is 16.5. The molecule has 6 nitrogen and oxygen atoms in total. The highest BCUT2D eigenvalue weighted by Gasteiger charge is 2.17. The molecular weight excluding hydrogens is 234 g/mol. The van der Waals surface area contributed by atoms with Crippen molar-refractivity contribution in [1.82, 2.24) is 10.3 Å². The van der Waals surface area contributed by atoms with Crippen LogP contribution < -0.4 is 11.3 Å². The van der Waals surface area contributed by atoms with Crippen molar-refractivity contribution < 1.29 is 13.9 Å². The molecule has 0 bridgehead atoms. The lowest BCUT2D eigenvalue weighted by Gasteiger charge is -2.20. The maximum atomic E-state index is 11.3. The summed E-state index contributed by atoms with van der Waals surface area (Å²) in [6, 6.07) is 1.72. The molecule has 1 amide bonds. The summed E-state index contributed by atoms with van der Waals surface area (Å²) >= 11 is 0. The van der Waals surface area contributed by atoms with Gasteiger partial charge in [-0.05, 0) is 19.4 Å². The van der Waals surface area contributed by atoms with E-state index >= 15 is 0 Å². The molecule has 1 atom stereocenters. The first-order chi connectivity index (χ1) is 8.69. The van der Waals surface area contributed by atoms with Crippen LogP contribution in [0.1, 0.15) is 29.5 Å². The third-order valence-electron chi connectivity index (χ3n) is 2.96. The minimum atomic E-state index is -0.336. The second-order valence-electron chi connectivity index (χ2n) is 4.55. The summed E-state index contributed by atoms with van der Waals surface area (Å²) in [5.41, 5.74) is 2.53. The Morgan fingerprint density at radius 2 is 2.50 bits per heavy atom. The number of hydrogen-bond donors (Lipinski definition) is 2. The molecule has 1 aliphatic rings. The average molecular weight is 253 g/mol. The number of rotatable bonds is 3. The van der Waals surface area contributed by atoms with Gasteiger partial charge in [-0.1, -0.05) is 0 Å². The van der Waals surface area contributed by atoms with E-state index in [9.17, 15) is 4.79 Å². The molecule has 0 spiro atoms. The molecule has 1 aromatic heterocycles. The lowest BCUT2D eigenvalue weighted by atomic mass is 10.2. The van der Waals surface area contributed by atoms with Crippen LogP contribution in [0.4, 0.5) is 0 Å². The van der Waals surface area contributed by atoms with Crippen molar-refractivity contribution in [3.63, 3.8) is 0 Å². The van der Waals surface area contributed by atoms with Crippen molar-refractivity contribution >= 4 is 5.91 Å². The number of carbonyl (C=O) groups excluding carboxylic acids is 1. The largest absolute Gasteiger partial charge is 0.467 e. The number of carbonyl (C=O) groups is 1. The first kappa shape index (κ1) is 13.1. The molecule has 1 aromatic rings. The van der Waals surface area contributed by atoms with Crippen molar-refractivity contribution in [3.05, 3.63) is 23.7 Å².